The minimum absolute atomic E-state index is 0.861. The molecule has 0 N–H and O–H groups in total. The molecule has 42 valence electrons. The van der Waals surface area contributed by atoms with Gasteiger partial charge in [-0.05, 0) is 6.42 Å². The van der Waals surface area contributed by atoms with Gasteiger partial charge >= 0.3 is 0 Å². The van der Waals surface area contributed by atoms with Crippen molar-refractivity contribution in [1.82, 2.24) is 0 Å². The molecule has 0 aromatic heterocycles. The van der Waals surface area contributed by atoms with E-state index in [0.29, 0.717) is 0 Å². The van der Waals surface area contributed by atoms with Crippen molar-refractivity contribution in [1.29, 1.82) is 0 Å². The molecule has 0 fully saturated rings. The number of hydrogen-bond acceptors (Lipinski definition) is 1. The van der Waals surface area contributed by atoms with Gasteiger partial charge in [0.05, 0.1) is 0 Å². The van der Waals surface area contributed by atoms with E-state index in [1.165, 1.54) is 12.8 Å². The summed E-state index contributed by atoms with van der Waals surface area (Å²) in [5, 5.41) is 0. The van der Waals surface area contributed by atoms with Crippen molar-refractivity contribution in [2.75, 3.05) is 6.61 Å². The SMILES string of the molecule is CBOCCCC. The first-order valence-electron chi connectivity index (χ1n) is 2.99. The maximum atomic E-state index is 5.07. The van der Waals surface area contributed by atoms with E-state index in [4.69, 9.17) is 4.65 Å². The van der Waals surface area contributed by atoms with Gasteiger partial charge < -0.3 is 4.65 Å². The molecule has 0 aliphatic heterocycles. The van der Waals surface area contributed by atoms with Gasteiger partial charge in [-0.3, -0.25) is 0 Å². The summed E-state index contributed by atoms with van der Waals surface area (Å²) in [5.41, 5.74) is 0. The van der Waals surface area contributed by atoms with Crippen LogP contribution in [-0.2, 0) is 4.65 Å². The molecule has 2 heteroatoms. The van der Waals surface area contributed by atoms with Crippen molar-refractivity contribution in [2.45, 2.75) is 26.6 Å². The Morgan fingerprint density at radius 1 is 1.57 bits per heavy atom. The zero-order valence-electron chi connectivity index (χ0n) is 5.24. The predicted octanol–water partition coefficient (Wildman–Crippen LogP) is 1.20. The van der Waals surface area contributed by atoms with Gasteiger partial charge in [-0.1, -0.05) is 20.2 Å². The summed E-state index contributed by atoms with van der Waals surface area (Å²) in [7, 11) is 0.861. The van der Waals surface area contributed by atoms with Gasteiger partial charge in [0.1, 0.15) is 0 Å². The maximum Gasteiger partial charge on any atom is 0.271 e. The fourth-order valence-electron chi connectivity index (χ4n) is 0.391. The highest BCUT2D eigenvalue weighted by Crippen LogP contribution is 1.84. The minimum atomic E-state index is 0.861. The second kappa shape index (κ2) is 6.02. The quantitative estimate of drug-likeness (QED) is 0.381. The number of unbranched alkanes of at least 4 members (excludes halogenated alkanes) is 1. The molecule has 0 atom stereocenters. The molecule has 0 aromatic rings. The normalized spacial score (nSPS) is 8.86. The molecule has 0 aliphatic rings. The third-order valence-corrected chi connectivity index (χ3v) is 0.846. The summed E-state index contributed by atoms with van der Waals surface area (Å²) < 4.78 is 5.07. The van der Waals surface area contributed by atoms with Crippen LogP contribution in [0.25, 0.3) is 0 Å². The summed E-state index contributed by atoms with van der Waals surface area (Å²) in [6.45, 7) is 5.13. The molecular weight excluding hydrogens is 86.9 g/mol. The number of rotatable bonds is 4. The molecule has 0 aliphatic carbocycles. The fraction of sp³-hybridized carbons (Fsp3) is 1.00. The predicted molar refractivity (Wildman–Crippen MR) is 33.9 cm³/mol. The van der Waals surface area contributed by atoms with E-state index in [-0.39, 0.29) is 0 Å². The Hall–Kier alpha value is 0.0249. The van der Waals surface area contributed by atoms with Gasteiger partial charge in [-0.25, -0.2) is 0 Å². The first-order valence-corrected chi connectivity index (χ1v) is 2.99. The second-order valence-electron chi connectivity index (χ2n) is 1.55. The van der Waals surface area contributed by atoms with E-state index < -0.39 is 0 Å². The van der Waals surface area contributed by atoms with Crippen LogP contribution in [0.4, 0.5) is 0 Å². The molecule has 0 saturated heterocycles. The molecule has 0 amide bonds. The molecule has 1 nitrogen and oxygen atoms in total. The second-order valence-corrected chi connectivity index (χ2v) is 1.55. The van der Waals surface area contributed by atoms with E-state index in [9.17, 15) is 0 Å². The van der Waals surface area contributed by atoms with Crippen LogP contribution in [0.15, 0.2) is 0 Å². The Kier molecular flexibility index (Phi) is 6.05. The van der Waals surface area contributed by atoms with Crippen LogP contribution in [0.1, 0.15) is 19.8 Å². The van der Waals surface area contributed by atoms with Crippen LogP contribution in [0.2, 0.25) is 6.82 Å². The van der Waals surface area contributed by atoms with E-state index in [1.54, 1.807) is 0 Å². The molecule has 0 radical (unpaired) electrons. The zero-order chi connectivity index (χ0) is 5.54. The van der Waals surface area contributed by atoms with Crippen LogP contribution in [-0.4, -0.2) is 14.1 Å². The highest BCUT2D eigenvalue weighted by atomic mass is 16.4. The molecule has 0 aromatic carbocycles. The molecule has 0 rings (SSSR count). The molecule has 0 heterocycles. The number of hydrogen-bond donors (Lipinski definition) is 0. The standard InChI is InChI=1S/C5H13BO/c1-3-4-5-7-6-2/h6H,3-5H2,1-2H3. The average molecular weight is 100.0 g/mol. The third kappa shape index (κ3) is 6.02. The van der Waals surface area contributed by atoms with Crippen molar-refractivity contribution < 1.29 is 4.65 Å². The Balaban J connectivity index is 2.45. The molecule has 0 unspecified atom stereocenters. The topological polar surface area (TPSA) is 9.23 Å². The van der Waals surface area contributed by atoms with E-state index >= 15 is 0 Å². The summed E-state index contributed by atoms with van der Waals surface area (Å²) in [6, 6.07) is 0. The summed E-state index contributed by atoms with van der Waals surface area (Å²) in [5.74, 6) is 0. The minimum Gasteiger partial charge on any atom is -0.440 e. The first kappa shape index (κ1) is 7.02. The van der Waals surface area contributed by atoms with Crippen LogP contribution in [0.3, 0.4) is 0 Å². The Labute approximate surface area is 46.3 Å². The first-order chi connectivity index (χ1) is 3.41. The van der Waals surface area contributed by atoms with Crippen molar-refractivity contribution in [3.8, 4) is 0 Å². The average Bonchev–Trinajstić information content (AvgIpc) is 1.69. The molecule has 0 saturated carbocycles. The highest BCUT2D eigenvalue weighted by Gasteiger charge is 1.80. The van der Waals surface area contributed by atoms with Gasteiger partial charge in [-0.15, -0.1) is 0 Å². The van der Waals surface area contributed by atoms with Crippen LogP contribution < -0.4 is 0 Å². The van der Waals surface area contributed by atoms with Crippen LogP contribution in [0, 0.1) is 0 Å². The molecular formula is C5H13BO. The van der Waals surface area contributed by atoms with Crippen molar-refractivity contribution in [3.05, 3.63) is 0 Å². The van der Waals surface area contributed by atoms with Crippen LogP contribution in [0.5, 0.6) is 0 Å². The maximum absolute atomic E-state index is 5.07. The molecule has 7 heavy (non-hydrogen) atoms. The van der Waals surface area contributed by atoms with Gasteiger partial charge in [0.25, 0.3) is 7.48 Å². The molecule has 0 bridgehead atoms. The van der Waals surface area contributed by atoms with Gasteiger partial charge in [-0.2, -0.15) is 0 Å². The third-order valence-electron chi connectivity index (χ3n) is 0.846. The zero-order valence-corrected chi connectivity index (χ0v) is 5.24. The smallest absolute Gasteiger partial charge is 0.271 e. The van der Waals surface area contributed by atoms with Crippen molar-refractivity contribution in [2.24, 2.45) is 0 Å². The van der Waals surface area contributed by atoms with E-state index in [2.05, 4.69) is 6.92 Å². The summed E-state index contributed by atoms with van der Waals surface area (Å²) >= 11 is 0. The van der Waals surface area contributed by atoms with E-state index in [0.717, 1.165) is 14.1 Å². The Morgan fingerprint density at radius 2 is 2.29 bits per heavy atom. The Bertz CT molecular complexity index is 27.3. The monoisotopic (exact) mass is 100 g/mol. The van der Waals surface area contributed by atoms with Crippen molar-refractivity contribution >= 4 is 7.48 Å². The van der Waals surface area contributed by atoms with Gasteiger partial charge in [0, 0.05) is 6.61 Å². The Morgan fingerprint density at radius 3 is 2.71 bits per heavy atom. The summed E-state index contributed by atoms with van der Waals surface area (Å²) in [4.78, 5) is 0. The van der Waals surface area contributed by atoms with E-state index in [1.807, 2.05) is 6.82 Å². The van der Waals surface area contributed by atoms with Gasteiger partial charge in [0.2, 0.25) is 0 Å². The molecule has 0 spiro atoms. The van der Waals surface area contributed by atoms with Crippen LogP contribution >= 0.6 is 0 Å². The largest absolute Gasteiger partial charge is 0.440 e. The lowest BCUT2D eigenvalue weighted by atomic mass is 10.1. The lowest BCUT2D eigenvalue weighted by Crippen LogP contribution is -1.94. The lowest BCUT2D eigenvalue weighted by molar-refractivity contribution is 0.329. The van der Waals surface area contributed by atoms with Crippen molar-refractivity contribution in [3.63, 3.8) is 0 Å². The summed E-state index contributed by atoms with van der Waals surface area (Å²) in [6.07, 6.45) is 2.44. The lowest BCUT2D eigenvalue weighted by Gasteiger charge is -1.94. The van der Waals surface area contributed by atoms with Gasteiger partial charge in [0.15, 0.2) is 0 Å². The highest BCUT2D eigenvalue weighted by molar-refractivity contribution is 6.24. The fourth-order valence-corrected chi connectivity index (χ4v) is 0.391.